The molecule has 30 heavy (non-hydrogen) atoms. The molecule has 146 valence electrons. The Labute approximate surface area is 175 Å². The van der Waals surface area contributed by atoms with Crippen molar-refractivity contribution in [1.29, 1.82) is 0 Å². The number of fused-ring (bicyclic) bond motifs is 3. The number of carbonyl (C=O) groups is 1. The fourth-order valence-electron chi connectivity index (χ4n) is 3.98. The third kappa shape index (κ3) is 3.03. The number of nitrogens with zero attached hydrogens (tertiary/aromatic N) is 2. The van der Waals surface area contributed by atoms with Crippen LogP contribution < -0.4 is 0 Å². The summed E-state index contributed by atoms with van der Waals surface area (Å²) in [6.07, 6.45) is 1.91. The zero-order valence-corrected chi connectivity index (χ0v) is 16.6. The molecule has 0 N–H and O–H groups in total. The number of carbonyl (C=O) groups excluding carboxylic acids is 1. The van der Waals surface area contributed by atoms with E-state index in [9.17, 15) is 4.79 Å². The van der Waals surface area contributed by atoms with E-state index in [1.54, 1.807) is 0 Å². The fraction of sp³-hybridized carbons (Fsp3) is 0.0769. The molecule has 3 aromatic carbocycles. The molecule has 0 atom stereocenters. The van der Waals surface area contributed by atoms with E-state index < -0.39 is 0 Å². The molecular formula is C26H20N2O2. The van der Waals surface area contributed by atoms with Gasteiger partial charge in [0.05, 0.1) is 30.6 Å². The molecule has 1 aliphatic rings. The Bertz CT molecular complexity index is 1250. The Kier molecular flexibility index (Phi) is 4.52. The van der Waals surface area contributed by atoms with Crippen LogP contribution in [-0.2, 0) is 16.1 Å². The average Bonchev–Trinajstić information content (AvgIpc) is 3.10. The van der Waals surface area contributed by atoms with Gasteiger partial charge in [0.15, 0.2) is 0 Å². The molecule has 4 aromatic rings. The van der Waals surface area contributed by atoms with Crippen molar-refractivity contribution in [3.05, 3.63) is 96.1 Å². The maximum atomic E-state index is 12.5. The topological polar surface area (TPSA) is 44.1 Å². The van der Waals surface area contributed by atoms with Crippen LogP contribution in [0.25, 0.3) is 40.0 Å². The second-order valence-corrected chi connectivity index (χ2v) is 7.20. The molecule has 5 rings (SSSR count). The average molecular weight is 392 g/mol. The van der Waals surface area contributed by atoms with E-state index in [0.717, 1.165) is 39.5 Å². The standard InChI is InChI=1S/C26H20N2O2/c1-30-26(29)21-16-20-14-8-9-15-22(20)25-27-23(18-10-4-2-5-11-18)24(28(25)17-21)19-12-6-3-7-13-19/h2-16H,17H2,1H3. The third-order valence-corrected chi connectivity index (χ3v) is 5.37. The molecule has 0 amide bonds. The molecule has 1 aliphatic heterocycles. The first-order chi connectivity index (χ1) is 14.8. The van der Waals surface area contributed by atoms with Gasteiger partial charge in [-0.3, -0.25) is 0 Å². The van der Waals surface area contributed by atoms with Crippen molar-refractivity contribution in [2.75, 3.05) is 7.11 Å². The zero-order valence-electron chi connectivity index (χ0n) is 16.6. The number of esters is 1. The van der Waals surface area contributed by atoms with Crippen molar-refractivity contribution in [3.8, 4) is 33.9 Å². The maximum absolute atomic E-state index is 12.5. The van der Waals surface area contributed by atoms with Gasteiger partial charge in [0.2, 0.25) is 0 Å². The van der Waals surface area contributed by atoms with E-state index in [4.69, 9.17) is 9.72 Å². The van der Waals surface area contributed by atoms with Gasteiger partial charge < -0.3 is 9.30 Å². The number of benzene rings is 3. The molecule has 0 saturated heterocycles. The predicted molar refractivity (Wildman–Crippen MR) is 119 cm³/mol. The van der Waals surface area contributed by atoms with Gasteiger partial charge in [-0.25, -0.2) is 9.78 Å². The molecule has 0 aliphatic carbocycles. The van der Waals surface area contributed by atoms with Crippen molar-refractivity contribution in [2.45, 2.75) is 6.54 Å². The molecule has 4 nitrogen and oxygen atoms in total. The summed E-state index contributed by atoms with van der Waals surface area (Å²) in [5.41, 5.74) is 6.53. The van der Waals surface area contributed by atoms with E-state index in [0.29, 0.717) is 12.1 Å². The minimum atomic E-state index is -0.327. The second kappa shape index (κ2) is 7.48. The molecule has 0 radical (unpaired) electrons. The number of ether oxygens (including phenoxy) is 1. The van der Waals surface area contributed by atoms with Crippen molar-refractivity contribution < 1.29 is 9.53 Å². The molecule has 0 unspecified atom stereocenters. The summed E-state index contributed by atoms with van der Waals surface area (Å²) in [4.78, 5) is 17.6. The van der Waals surface area contributed by atoms with Crippen LogP contribution in [0.15, 0.2) is 90.5 Å². The quantitative estimate of drug-likeness (QED) is 0.435. The lowest BCUT2D eigenvalue weighted by atomic mass is 10.0. The Balaban J connectivity index is 1.84. The summed E-state index contributed by atoms with van der Waals surface area (Å²) in [5, 5.41) is 0. The van der Waals surface area contributed by atoms with Gasteiger partial charge in [-0.2, -0.15) is 0 Å². The van der Waals surface area contributed by atoms with Crippen LogP contribution in [0.3, 0.4) is 0 Å². The summed E-state index contributed by atoms with van der Waals surface area (Å²) in [6.45, 7) is 0.390. The lowest BCUT2D eigenvalue weighted by Gasteiger charge is -2.13. The number of imidazole rings is 1. The SMILES string of the molecule is COC(=O)C1=Cc2ccccc2-c2nc(-c3ccccc3)c(-c3ccccc3)n2C1. The number of aromatic nitrogens is 2. The van der Waals surface area contributed by atoms with Crippen LogP contribution in [-0.4, -0.2) is 22.6 Å². The summed E-state index contributed by atoms with van der Waals surface area (Å²) in [7, 11) is 1.42. The minimum absolute atomic E-state index is 0.327. The molecule has 0 spiro atoms. The lowest BCUT2D eigenvalue weighted by molar-refractivity contribution is -0.136. The highest BCUT2D eigenvalue weighted by atomic mass is 16.5. The van der Waals surface area contributed by atoms with Gasteiger partial charge in [-0.15, -0.1) is 0 Å². The number of methoxy groups -OCH3 is 1. The van der Waals surface area contributed by atoms with Crippen molar-refractivity contribution in [3.63, 3.8) is 0 Å². The minimum Gasteiger partial charge on any atom is -0.466 e. The summed E-state index contributed by atoms with van der Waals surface area (Å²) < 4.78 is 7.20. The number of rotatable bonds is 3. The summed E-state index contributed by atoms with van der Waals surface area (Å²) in [5.74, 6) is 0.519. The normalized spacial score (nSPS) is 12.4. The highest BCUT2D eigenvalue weighted by Gasteiger charge is 2.26. The Morgan fingerprint density at radius 2 is 1.50 bits per heavy atom. The molecule has 4 heteroatoms. The largest absolute Gasteiger partial charge is 0.466 e. The van der Waals surface area contributed by atoms with Gasteiger partial charge in [-0.05, 0) is 11.6 Å². The molecular weight excluding hydrogens is 372 g/mol. The predicted octanol–water partition coefficient (Wildman–Crippen LogP) is 5.45. The first-order valence-electron chi connectivity index (χ1n) is 9.86. The van der Waals surface area contributed by atoms with E-state index in [-0.39, 0.29) is 5.97 Å². The maximum Gasteiger partial charge on any atom is 0.335 e. The lowest BCUT2D eigenvalue weighted by Crippen LogP contribution is -2.12. The molecule has 0 fully saturated rings. The Morgan fingerprint density at radius 3 is 2.20 bits per heavy atom. The van der Waals surface area contributed by atoms with Gasteiger partial charge in [0.25, 0.3) is 0 Å². The van der Waals surface area contributed by atoms with E-state index in [2.05, 4.69) is 34.9 Å². The van der Waals surface area contributed by atoms with Crippen molar-refractivity contribution in [2.24, 2.45) is 0 Å². The van der Waals surface area contributed by atoms with Crippen LogP contribution in [0.1, 0.15) is 5.56 Å². The monoisotopic (exact) mass is 392 g/mol. The van der Waals surface area contributed by atoms with E-state index >= 15 is 0 Å². The molecule has 0 saturated carbocycles. The van der Waals surface area contributed by atoms with E-state index in [1.165, 1.54) is 7.11 Å². The summed E-state index contributed by atoms with van der Waals surface area (Å²) >= 11 is 0. The molecule has 2 heterocycles. The molecule has 0 bridgehead atoms. The Morgan fingerprint density at radius 1 is 0.867 bits per heavy atom. The van der Waals surface area contributed by atoms with Gasteiger partial charge >= 0.3 is 5.97 Å². The smallest absolute Gasteiger partial charge is 0.335 e. The van der Waals surface area contributed by atoms with Crippen LogP contribution in [0.4, 0.5) is 0 Å². The van der Waals surface area contributed by atoms with Gasteiger partial charge in [0.1, 0.15) is 5.82 Å². The van der Waals surface area contributed by atoms with Gasteiger partial charge in [0, 0.05) is 16.7 Å². The van der Waals surface area contributed by atoms with E-state index in [1.807, 2.05) is 60.7 Å². The van der Waals surface area contributed by atoms with Crippen LogP contribution in [0, 0.1) is 0 Å². The number of hydrogen-bond donors (Lipinski definition) is 0. The zero-order chi connectivity index (χ0) is 20.5. The molecule has 1 aromatic heterocycles. The van der Waals surface area contributed by atoms with Crippen LogP contribution >= 0.6 is 0 Å². The van der Waals surface area contributed by atoms with Crippen LogP contribution in [0.5, 0.6) is 0 Å². The van der Waals surface area contributed by atoms with Crippen molar-refractivity contribution >= 4 is 12.0 Å². The highest BCUT2D eigenvalue weighted by Crippen LogP contribution is 2.39. The number of hydrogen-bond acceptors (Lipinski definition) is 3. The first-order valence-corrected chi connectivity index (χ1v) is 9.86. The van der Waals surface area contributed by atoms with Crippen molar-refractivity contribution in [1.82, 2.24) is 9.55 Å². The fourth-order valence-corrected chi connectivity index (χ4v) is 3.98. The highest BCUT2D eigenvalue weighted by molar-refractivity contribution is 5.96. The summed E-state index contributed by atoms with van der Waals surface area (Å²) in [6, 6.07) is 28.4. The second-order valence-electron chi connectivity index (χ2n) is 7.20. The van der Waals surface area contributed by atoms with Crippen LogP contribution in [0.2, 0.25) is 0 Å². The van der Waals surface area contributed by atoms with Gasteiger partial charge in [-0.1, -0.05) is 84.9 Å². The third-order valence-electron chi connectivity index (χ3n) is 5.37. The first kappa shape index (κ1) is 18.1. The Hall–Kier alpha value is -3.92.